The molecule has 0 radical (unpaired) electrons. The van der Waals surface area contributed by atoms with E-state index in [1.165, 1.54) is 45.7 Å². The van der Waals surface area contributed by atoms with Crippen LogP contribution in [0, 0.1) is 0 Å². The van der Waals surface area contributed by atoms with Gasteiger partial charge >= 0.3 is 31.4 Å². The molecule has 1 aliphatic heterocycles. The summed E-state index contributed by atoms with van der Waals surface area (Å²) in [5.74, 6) is -4.21. The average Bonchev–Trinajstić information content (AvgIpc) is 3.72. The van der Waals surface area contributed by atoms with Gasteiger partial charge in [0.05, 0.1) is 27.0 Å². The number of fused-ring (bicyclic) bond motifs is 1. The highest BCUT2D eigenvalue weighted by Gasteiger charge is 2.60. The number of carbonyl (C=O) groups is 2. The average molecular weight is 816 g/mol. The molecule has 3 aromatic heterocycles. The molecule has 1 unspecified atom stereocenters. The molecule has 1 aliphatic rings. The minimum absolute atomic E-state index is 0.0688. The molecule has 2 aromatic carbocycles. The molecule has 5 atom stereocenters. The first kappa shape index (κ1) is 40.7. The van der Waals surface area contributed by atoms with E-state index < -0.39 is 62.5 Å². The second-order valence-electron chi connectivity index (χ2n) is 12.3. The van der Waals surface area contributed by atoms with Crippen molar-refractivity contribution in [3.63, 3.8) is 0 Å². The zero-order chi connectivity index (χ0) is 40.7. The number of carbonyl (C=O) groups excluding carboxylic acids is 2. The maximum absolute atomic E-state index is 15.4. The van der Waals surface area contributed by atoms with Gasteiger partial charge in [-0.05, 0) is 42.8 Å². The van der Waals surface area contributed by atoms with Crippen LogP contribution in [0.3, 0.4) is 0 Å². The number of nitrogens with one attached hydrogen (secondary N) is 2. The van der Waals surface area contributed by atoms with Gasteiger partial charge in [0.1, 0.15) is 41.8 Å². The Labute approximate surface area is 322 Å². The zero-order valence-electron chi connectivity index (χ0n) is 30.4. The van der Waals surface area contributed by atoms with Crippen LogP contribution < -0.4 is 30.1 Å². The van der Waals surface area contributed by atoms with E-state index in [1.54, 1.807) is 48.5 Å². The van der Waals surface area contributed by atoms with Gasteiger partial charge in [-0.15, -0.1) is 0 Å². The van der Waals surface area contributed by atoms with E-state index in [2.05, 4.69) is 20.4 Å². The first-order chi connectivity index (χ1) is 27.3. The number of aromatic nitrogens is 3. The molecule has 0 saturated carbocycles. The number of amides is 1. The second-order valence-corrected chi connectivity index (χ2v) is 14.0. The number of rotatable bonds is 16. The number of methoxy groups -OCH3 is 2. The Kier molecular flexibility index (Phi) is 12.5. The van der Waals surface area contributed by atoms with Gasteiger partial charge in [0.25, 0.3) is 0 Å². The normalized spacial score (nSPS) is 18.9. The highest BCUT2D eigenvalue weighted by Crippen LogP contribution is 2.48. The van der Waals surface area contributed by atoms with Crippen molar-refractivity contribution >= 4 is 36.6 Å². The summed E-state index contributed by atoms with van der Waals surface area (Å²) < 4.78 is 88.2. The number of pyridine rings is 1. The summed E-state index contributed by atoms with van der Waals surface area (Å²) in [5, 5.41) is 15.8. The Morgan fingerprint density at radius 3 is 2.53 bits per heavy atom. The number of nitrogens with zero attached hydrogens (tertiary/aromatic N) is 3. The third-order valence-electron chi connectivity index (χ3n) is 8.30. The largest absolute Gasteiger partial charge is 0.497 e. The maximum Gasteiger partial charge on any atom is 0.459 e. The van der Waals surface area contributed by atoms with Crippen LogP contribution in [0.25, 0.3) is 11.0 Å². The van der Waals surface area contributed by atoms with Crippen LogP contribution >= 0.6 is 7.75 Å². The van der Waals surface area contributed by atoms with Crippen LogP contribution in [0.4, 0.5) is 19.4 Å². The number of benzene rings is 2. The lowest BCUT2D eigenvalue weighted by Gasteiger charge is -2.24. The van der Waals surface area contributed by atoms with Gasteiger partial charge in [-0.1, -0.05) is 30.3 Å². The highest BCUT2D eigenvalue weighted by atomic mass is 31.2. The van der Waals surface area contributed by atoms with Crippen LogP contribution in [-0.4, -0.2) is 76.7 Å². The first-order valence-electron chi connectivity index (χ1n) is 17.0. The van der Waals surface area contributed by atoms with Gasteiger partial charge in [0, 0.05) is 23.8 Å². The molecule has 1 saturated heterocycles. The van der Waals surface area contributed by atoms with Gasteiger partial charge in [-0.25, -0.2) is 14.2 Å². The Morgan fingerprint density at radius 2 is 1.82 bits per heavy atom. The molecular weight excluding hydrogens is 779 g/mol. The highest BCUT2D eigenvalue weighted by molar-refractivity contribution is 7.52. The van der Waals surface area contributed by atoms with Crippen molar-refractivity contribution in [1.82, 2.24) is 19.6 Å². The number of hydrogen-bond acceptors (Lipinski definition) is 15. The predicted octanol–water partition coefficient (Wildman–Crippen LogP) is 4.97. The molecule has 1 fully saturated rings. The fourth-order valence-electron chi connectivity index (χ4n) is 5.48. The van der Waals surface area contributed by atoms with Crippen molar-refractivity contribution in [2.75, 3.05) is 26.1 Å². The van der Waals surface area contributed by atoms with E-state index in [0.29, 0.717) is 32.6 Å². The molecule has 1 amide bonds. The second kappa shape index (κ2) is 17.5. The van der Waals surface area contributed by atoms with Crippen molar-refractivity contribution in [3.8, 4) is 17.2 Å². The lowest BCUT2D eigenvalue weighted by molar-refractivity contribution is -0.146. The number of esters is 1. The van der Waals surface area contributed by atoms with E-state index in [-0.39, 0.29) is 30.5 Å². The molecule has 4 heterocycles. The summed E-state index contributed by atoms with van der Waals surface area (Å²) in [5.41, 5.74) is -0.212. The third-order valence-corrected chi connectivity index (χ3v) is 9.94. The minimum Gasteiger partial charge on any atom is -0.497 e. The summed E-state index contributed by atoms with van der Waals surface area (Å²) in [6, 6.07) is 16.2. The fraction of sp³-hybridized carbons (Fsp3) is 0.306. The molecule has 3 N–H and O–H groups in total. The van der Waals surface area contributed by atoms with Gasteiger partial charge < -0.3 is 37.7 Å². The summed E-state index contributed by atoms with van der Waals surface area (Å²) in [4.78, 5) is 45.6. The summed E-state index contributed by atoms with van der Waals surface area (Å²) >= 11 is 0. The van der Waals surface area contributed by atoms with E-state index in [4.69, 9.17) is 37.1 Å². The van der Waals surface area contributed by atoms with Gasteiger partial charge in [-0.3, -0.25) is 24.2 Å². The van der Waals surface area contributed by atoms with Gasteiger partial charge in [0.2, 0.25) is 6.23 Å². The topological polar surface area (TPSA) is 221 Å². The maximum atomic E-state index is 15.4. The van der Waals surface area contributed by atoms with Gasteiger partial charge in [0.15, 0.2) is 24.0 Å². The minimum atomic E-state index is -4.61. The Hall–Kier alpha value is -5.92. The fourth-order valence-corrected chi connectivity index (χ4v) is 6.97. The van der Waals surface area contributed by atoms with E-state index in [9.17, 15) is 24.1 Å². The number of aliphatic hydroxyl groups is 1. The number of anilines is 1. The molecule has 0 spiro atoms. The molecular formula is C36H36F2N5O13P. The lowest BCUT2D eigenvalue weighted by Crippen LogP contribution is -2.42. The molecule has 57 heavy (non-hydrogen) atoms. The summed E-state index contributed by atoms with van der Waals surface area (Å²) in [6.45, 7) is -0.0814. The Balaban J connectivity index is 1.08. The molecule has 302 valence electrons. The van der Waals surface area contributed by atoms with Gasteiger partial charge in [-0.2, -0.15) is 18.9 Å². The number of halogens is 2. The summed E-state index contributed by atoms with van der Waals surface area (Å²) in [6.07, 6.45) is -4.46. The van der Waals surface area contributed by atoms with Crippen LogP contribution in [0.1, 0.15) is 24.5 Å². The first-order valence-corrected chi connectivity index (χ1v) is 18.5. The monoisotopic (exact) mass is 815 g/mol. The van der Waals surface area contributed by atoms with Crippen LogP contribution in [0.15, 0.2) is 94.5 Å². The number of hydrogen-bond donors (Lipinski definition) is 3. The zero-order valence-corrected chi connectivity index (χ0v) is 31.3. The predicted molar refractivity (Wildman–Crippen MR) is 194 cm³/mol. The SMILES string of the molecule is COc1cc(OC)c2oc(COC(=O)Nc3ccn([C@@H]4O[C@H](COP(=O)(N[C@@H](C)C(=O)OCc5ccccc5)Oc5cccnc5)[C@@H](O)C4(F)F)c(=O)n3)cc2c1. The van der Waals surface area contributed by atoms with E-state index >= 15 is 8.78 Å². The molecule has 21 heteroatoms. The molecule has 0 bridgehead atoms. The quantitative estimate of drug-likeness (QED) is 0.0884. The summed E-state index contributed by atoms with van der Waals surface area (Å²) in [7, 11) is -1.67. The van der Waals surface area contributed by atoms with Crippen LogP contribution in [-0.2, 0) is 41.3 Å². The standard InChI is InChI=1S/C36H36F2N5O13P/c1-21(32(45)51-18-22-8-5-4-6-9-22)42-57(48,56-24-10-7-12-39-17-24)53-20-28-31(44)36(37,38)33(55-28)43-13-11-29(40-34(43)46)41-35(47)52-19-26-15-23-14-25(49-2)16-27(50-3)30(23)54-26/h4-17,21,28,31,33,44H,18-20H2,1-3H3,(H,42,48)(H,40,41,46,47)/t21-,28+,31+,33+,57?/m0/s1. The third kappa shape index (κ3) is 9.73. The van der Waals surface area contributed by atoms with Crippen molar-refractivity contribution in [2.24, 2.45) is 0 Å². The Bertz CT molecular complexity index is 2300. The van der Waals surface area contributed by atoms with Crippen molar-refractivity contribution in [1.29, 1.82) is 0 Å². The number of aliphatic hydroxyl groups excluding tert-OH is 1. The number of alkyl halides is 2. The molecule has 6 rings (SSSR count). The van der Waals surface area contributed by atoms with E-state index in [1.807, 2.05) is 0 Å². The van der Waals surface area contributed by atoms with Crippen molar-refractivity contribution < 1.29 is 65.2 Å². The molecule has 18 nitrogen and oxygen atoms in total. The van der Waals surface area contributed by atoms with Crippen molar-refractivity contribution in [3.05, 3.63) is 107 Å². The Morgan fingerprint density at radius 1 is 1.04 bits per heavy atom. The number of furan rings is 1. The van der Waals surface area contributed by atoms with Crippen LogP contribution in [0.5, 0.6) is 17.2 Å². The number of ether oxygens (including phenoxy) is 5. The smallest absolute Gasteiger partial charge is 0.459 e. The molecule has 5 aromatic rings. The van der Waals surface area contributed by atoms with Crippen LogP contribution in [0.2, 0.25) is 0 Å². The van der Waals surface area contributed by atoms with E-state index in [0.717, 1.165) is 12.3 Å². The van der Waals surface area contributed by atoms with Crippen molar-refractivity contribution in [2.45, 2.75) is 50.5 Å². The molecule has 0 aliphatic carbocycles. The lowest BCUT2D eigenvalue weighted by atomic mass is 10.1.